The van der Waals surface area contributed by atoms with Gasteiger partial charge < -0.3 is 15.4 Å². The van der Waals surface area contributed by atoms with E-state index in [0.717, 1.165) is 0 Å². The van der Waals surface area contributed by atoms with Gasteiger partial charge in [0, 0.05) is 11.8 Å². The second kappa shape index (κ2) is 5.83. The number of hydrogen-bond donors (Lipinski definition) is 2. The Morgan fingerprint density at radius 1 is 1.30 bits per heavy atom. The van der Waals surface area contributed by atoms with Crippen LogP contribution in [0.15, 0.2) is 36.7 Å². The van der Waals surface area contributed by atoms with Crippen molar-refractivity contribution in [3.8, 4) is 5.75 Å². The number of nitrogens with one attached hydrogen (secondary N) is 2. The van der Waals surface area contributed by atoms with Crippen molar-refractivity contribution < 1.29 is 13.9 Å². The molecule has 27 heavy (non-hydrogen) atoms. The minimum Gasteiger partial charge on any atom is -0.491 e. The van der Waals surface area contributed by atoms with E-state index < -0.39 is 0 Å². The van der Waals surface area contributed by atoms with E-state index in [-0.39, 0.29) is 30.5 Å². The highest BCUT2D eigenvalue weighted by Crippen LogP contribution is 2.31. The van der Waals surface area contributed by atoms with Crippen LogP contribution in [0.2, 0.25) is 0 Å². The summed E-state index contributed by atoms with van der Waals surface area (Å²) in [5.41, 5.74) is 1.89. The number of anilines is 2. The SMILES string of the molecule is C[C@H]1Nc2ccn3ncc(c3n2)N2CC(COc3ccc(F)cc31)NC2=O. The monoisotopic (exact) mass is 368 g/mol. The fourth-order valence-electron chi connectivity index (χ4n) is 3.51. The molecule has 0 radical (unpaired) electrons. The van der Waals surface area contributed by atoms with Crippen LogP contribution in [0, 0.1) is 5.82 Å². The van der Waals surface area contributed by atoms with E-state index in [1.165, 1.54) is 12.1 Å². The van der Waals surface area contributed by atoms with E-state index in [1.807, 2.05) is 6.92 Å². The minimum atomic E-state index is -0.336. The van der Waals surface area contributed by atoms with Crippen LogP contribution in [0.4, 0.5) is 20.7 Å². The molecule has 1 saturated heterocycles. The molecule has 2 amide bonds. The van der Waals surface area contributed by atoms with Crippen LogP contribution >= 0.6 is 0 Å². The molecule has 0 aliphatic carbocycles. The first kappa shape index (κ1) is 15.9. The van der Waals surface area contributed by atoms with Gasteiger partial charge in [0.1, 0.15) is 29.7 Å². The van der Waals surface area contributed by atoms with Crippen LogP contribution in [0.1, 0.15) is 18.5 Å². The molecule has 2 aromatic heterocycles. The second-order valence-corrected chi connectivity index (χ2v) is 6.73. The summed E-state index contributed by atoms with van der Waals surface area (Å²) in [6.07, 6.45) is 3.40. The maximum absolute atomic E-state index is 13.8. The number of rotatable bonds is 0. The number of benzene rings is 1. The van der Waals surface area contributed by atoms with Crippen molar-refractivity contribution in [2.24, 2.45) is 0 Å². The van der Waals surface area contributed by atoms with Gasteiger partial charge >= 0.3 is 6.03 Å². The van der Waals surface area contributed by atoms with Gasteiger partial charge in [-0.15, -0.1) is 0 Å². The standard InChI is InChI=1S/C18H17FN6O2/c1-10-13-6-11(19)2-3-15(13)27-9-12-8-24(18(26)22-12)14-7-20-25-5-4-16(21-10)23-17(14)25/h2-7,10,12H,8-9H2,1H3,(H,21,23)(H,22,26)/t10-,12?/m1/s1. The van der Waals surface area contributed by atoms with Crippen molar-refractivity contribution in [3.63, 3.8) is 0 Å². The average Bonchev–Trinajstić information content (AvgIpc) is 3.22. The minimum absolute atomic E-state index is 0.197. The third-order valence-corrected chi connectivity index (χ3v) is 4.86. The Balaban J connectivity index is 1.65. The number of halogens is 1. The zero-order valence-electron chi connectivity index (χ0n) is 14.5. The molecule has 4 bridgehead atoms. The van der Waals surface area contributed by atoms with Gasteiger partial charge in [-0.25, -0.2) is 18.7 Å². The number of carbonyl (C=O) groups is 1. The van der Waals surface area contributed by atoms with Crippen LogP contribution in [-0.2, 0) is 0 Å². The summed E-state index contributed by atoms with van der Waals surface area (Å²) in [5.74, 6) is 0.840. The molecule has 9 heteroatoms. The van der Waals surface area contributed by atoms with Gasteiger partial charge in [0.05, 0.1) is 24.8 Å². The maximum Gasteiger partial charge on any atom is 0.322 e. The Hall–Kier alpha value is -3.36. The van der Waals surface area contributed by atoms with Crippen LogP contribution in [0.5, 0.6) is 5.75 Å². The second-order valence-electron chi connectivity index (χ2n) is 6.73. The van der Waals surface area contributed by atoms with Crippen molar-refractivity contribution in [2.45, 2.75) is 19.0 Å². The van der Waals surface area contributed by atoms with Crippen molar-refractivity contribution in [2.75, 3.05) is 23.4 Å². The fraction of sp³-hybridized carbons (Fsp3) is 0.278. The van der Waals surface area contributed by atoms with Crippen molar-refractivity contribution >= 4 is 23.2 Å². The van der Waals surface area contributed by atoms with Crippen LogP contribution < -0.4 is 20.3 Å². The number of nitrogens with zero attached hydrogens (tertiary/aromatic N) is 4. The fourth-order valence-corrected chi connectivity index (χ4v) is 3.51. The van der Waals surface area contributed by atoms with Gasteiger partial charge in [0.25, 0.3) is 0 Å². The Labute approximate surface area is 153 Å². The Morgan fingerprint density at radius 2 is 2.19 bits per heavy atom. The molecule has 0 saturated carbocycles. The molecule has 2 atom stereocenters. The van der Waals surface area contributed by atoms with Gasteiger partial charge in [0.2, 0.25) is 0 Å². The van der Waals surface area contributed by atoms with E-state index in [1.54, 1.807) is 33.9 Å². The normalized spacial score (nSPS) is 21.6. The van der Waals surface area contributed by atoms with Gasteiger partial charge in [0.15, 0.2) is 5.65 Å². The lowest BCUT2D eigenvalue weighted by Gasteiger charge is -2.20. The first-order valence-electron chi connectivity index (χ1n) is 8.70. The van der Waals surface area contributed by atoms with Crippen molar-refractivity contribution in [3.05, 3.63) is 48.0 Å². The average molecular weight is 368 g/mol. The largest absolute Gasteiger partial charge is 0.491 e. The Kier molecular flexibility index (Phi) is 3.43. The molecule has 2 aliphatic heterocycles. The zero-order valence-corrected chi connectivity index (χ0v) is 14.5. The molecule has 5 rings (SSSR count). The van der Waals surface area contributed by atoms with E-state index in [9.17, 15) is 9.18 Å². The van der Waals surface area contributed by atoms with E-state index >= 15 is 0 Å². The summed E-state index contributed by atoms with van der Waals surface area (Å²) in [7, 11) is 0. The number of fused-ring (bicyclic) bond motifs is 5. The molecule has 1 aromatic carbocycles. The smallest absolute Gasteiger partial charge is 0.322 e. The highest BCUT2D eigenvalue weighted by atomic mass is 19.1. The predicted molar refractivity (Wildman–Crippen MR) is 96.6 cm³/mol. The number of urea groups is 1. The van der Waals surface area contributed by atoms with Crippen molar-refractivity contribution in [1.29, 1.82) is 0 Å². The lowest BCUT2D eigenvalue weighted by Crippen LogP contribution is -2.32. The third-order valence-electron chi connectivity index (χ3n) is 4.86. The molecule has 0 spiro atoms. The summed E-state index contributed by atoms with van der Waals surface area (Å²) in [6.45, 7) is 2.64. The Morgan fingerprint density at radius 3 is 3.07 bits per heavy atom. The molecular weight excluding hydrogens is 351 g/mol. The maximum atomic E-state index is 13.8. The van der Waals surface area contributed by atoms with Gasteiger partial charge in [-0.2, -0.15) is 5.10 Å². The van der Waals surface area contributed by atoms with Gasteiger partial charge in [-0.05, 0) is 31.2 Å². The highest BCUT2D eigenvalue weighted by Gasteiger charge is 2.33. The molecule has 1 unspecified atom stereocenters. The molecule has 1 fully saturated rings. The lowest BCUT2D eigenvalue weighted by atomic mass is 10.1. The van der Waals surface area contributed by atoms with Crippen LogP contribution in [-0.4, -0.2) is 39.8 Å². The predicted octanol–water partition coefficient (Wildman–Crippen LogP) is 2.33. The number of amides is 2. The molecule has 138 valence electrons. The molecule has 2 aliphatic rings. The number of aromatic nitrogens is 3. The topological polar surface area (TPSA) is 83.8 Å². The number of carbonyl (C=O) groups excluding carboxylic acids is 1. The number of ether oxygens (including phenoxy) is 1. The summed E-state index contributed by atoms with van der Waals surface area (Å²) >= 11 is 0. The van der Waals surface area contributed by atoms with Crippen LogP contribution in [0.25, 0.3) is 5.65 Å². The zero-order chi connectivity index (χ0) is 18.5. The van der Waals surface area contributed by atoms with Gasteiger partial charge in [-0.3, -0.25) is 4.90 Å². The molecular formula is C18H17FN6O2. The summed E-state index contributed by atoms with van der Waals surface area (Å²) < 4.78 is 21.4. The van der Waals surface area contributed by atoms with Crippen molar-refractivity contribution in [1.82, 2.24) is 19.9 Å². The summed E-state index contributed by atoms with van der Waals surface area (Å²) in [6, 6.07) is 5.57. The van der Waals surface area contributed by atoms with E-state index in [2.05, 4.69) is 20.7 Å². The first-order chi connectivity index (χ1) is 13.1. The number of hydrogen-bond acceptors (Lipinski definition) is 5. The first-order valence-corrected chi connectivity index (χ1v) is 8.70. The third kappa shape index (κ3) is 2.62. The highest BCUT2D eigenvalue weighted by molar-refractivity contribution is 5.97. The molecule has 8 nitrogen and oxygen atoms in total. The summed E-state index contributed by atoms with van der Waals surface area (Å²) in [5, 5.41) is 10.5. The molecule has 4 heterocycles. The van der Waals surface area contributed by atoms with Crippen LogP contribution in [0.3, 0.4) is 0 Å². The molecule has 2 N–H and O–H groups in total. The molecule has 3 aromatic rings. The van der Waals surface area contributed by atoms with E-state index in [0.29, 0.717) is 35.0 Å². The lowest BCUT2D eigenvalue weighted by molar-refractivity contribution is 0.244. The Bertz CT molecular complexity index is 1050. The quantitative estimate of drug-likeness (QED) is 0.636. The van der Waals surface area contributed by atoms with E-state index in [4.69, 9.17) is 4.74 Å². The summed E-state index contributed by atoms with van der Waals surface area (Å²) in [4.78, 5) is 18.7. The van der Waals surface area contributed by atoms with Gasteiger partial charge in [-0.1, -0.05) is 0 Å².